The topological polar surface area (TPSA) is 49.5 Å². The molecule has 1 saturated carbocycles. The van der Waals surface area contributed by atoms with Crippen molar-refractivity contribution in [2.45, 2.75) is 31.3 Å². The summed E-state index contributed by atoms with van der Waals surface area (Å²) >= 11 is 0. The van der Waals surface area contributed by atoms with Gasteiger partial charge in [0.25, 0.3) is 0 Å². The second-order valence-corrected chi connectivity index (χ2v) is 5.03. The monoisotopic (exact) mass is 238 g/mol. The Kier molecular flexibility index (Phi) is 3.24. The lowest BCUT2D eigenvalue weighted by Gasteiger charge is -2.30. The van der Waals surface area contributed by atoms with Gasteiger partial charge in [-0.25, -0.2) is 4.39 Å². The molecule has 0 saturated heterocycles. The molecule has 1 aliphatic rings. The maximum atomic E-state index is 13.2. The SMILES string of the molecule is CN(CC1(O)CCCC1)c1cc(N)cc(F)c1. The lowest BCUT2D eigenvalue weighted by atomic mass is 10.0. The molecule has 0 amide bonds. The highest BCUT2D eigenvalue weighted by Gasteiger charge is 2.32. The van der Waals surface area contributed by atoms with E-state index in [4.69, 9.17) is 5.73 Å². The van der Waals surface area contributed by atoms with Gasteiger partial charge in [0.15, 0.2) is 0 Å². The number of nitrogen functional groups attached to an aromatic ring is 1. The zero-order chi connectivity index (χ0) is 12.5. The molecule has 0 heterocycles. The van der Waals surface area contributed by atoms with Gasteiger partial charge in [-0.3, -0.25) is 0 Å². The van der Waals surface area contributed by atoms with E-state index in [1.807, 2.05) is 11.9 Å². The summed E-state index contributed by atoms with van der Waals surface area (Å²) in [5, 5.41) is 10.3. The number of aliphatic hydroxyl groups is 1. The van der Waals surface area contributed by atoms with Gasteiger partial charge in [-0.05, 0) is 31.0 Å². The normalized spacial score (nSPS) is 18.3. The number of anilines is 2. The second kappa shape index (κ2) is 4.53. The summed E-state index contributed by atoms with van der Waals surface area (Å²) in [6.45, 7) is 0.524. The van der Waals surface area contributed by atoms with Crippen LogP contribution in [0.3, 0.4) is 0 Å². The molecule has 3 N–H and O–H groups in total. The molecule has 1 aromatic rings. The van der Waals surface area contributed by atoms with E-state index in [0.29, 0.717) is 17.9 Å². The maximum Gasteiger partial charge on any atom is 0.127 e. The Morgan fingerprint density at radius 2 is 2.00 bits per heavy atom. The van der Waals surface area contributed by atoms with E-state index in [2.05, 4.69) is 0 Å². The summed E-state index contributed by atoms with van der Waals surface area (Å²) in [6, 6.07) is 4.46. The zero-order valence-electron chi connectivity index (χ0n) is 10.1. The van der Waals surface area contributed by atoms with Crippen LogP contribution < -0.4 is 10.6 Å². The number of halogens is 1. The molecule has 0 unspecified atom stereocenters. The smallest absolute Gasteiger partial charge is 0.127 e. The minimum atomic E-state index is -0.629. The number of likely N-dealkylation sites (N-methyl/N-ethyl adjacent to an activating group) is 1. The largest absolute Gasteiger partial charge is 0.399 e. The van der Waals surface area contributed by atoms with Gasteiger partial charge in [0.2, 0.25) is 0 Å². The van der Waals surface area contributed by atoms with Crippen LogP contribution in [0.1, 0.15) is 25.7 Å². The Hall–Kier alpha value is -1.29. The van der Waals surface area contributed by atoms with Crippen molar-refractivity contribution in [1.29, 1.82) is 0 Å². The average molecular weight is 238 g/mol. The fraction of sp³-hybridized carbons (Fsp3) is 0.538. The zero-order valence-corrected chi connectivity index (χ0v) is 10.1. The molecule has 1 aliphatic carbocycles. The highest BCUT2D eigenvalue weighted by atomic mass is 19.1. The molecule has 2 rings (SSSR count). The minimum absolute atomic E-state index is 0.342. The molecule has 3 nitrogen and oxygen atoms in total. The third-order valence-corrected chi connectivity index (χ3v) is 3.41. The van der Waals surface area contributed by atoms with E-state index in [9.17, 15) is 9.50 Å². The number of rotatable bonds is 3. The molecular weight excluding hydrogens is 219 g/mol. The Morgan fingerprint density at radius 3 is 2.59 bits per heavy atom. The number of hydrogen-bond acceptors (Lipinski definition) is 3. The van der Waals surface area contributed by atoms with Crippen molar-refractivity contribution in [2.75, 3.05) is 24.2 Å². The maximum absolute atomic E-state index is 13.2. The number of benzene rings is 1. The van der Waals surface area contributed by atoms with Crippen LogP contribution in [0.4, 0.5) is 15.8 Å². The summed E-state index contributed by atoms with van der Waals surface area (Å²) in [6.07, 6.45) is 3.77. The molecular formula is C13H19FN2O. The Morgan fingerprint density at radius 1 is 1.35 bits per heavy atom. The van der Waals surface area contributed by atoms with Crippen molar-refractivity contribution in [3.8, 4) is 0 Å². The molecule has 0 aliphatic heterocycles. The summed E-state index contributed by atoms with van der Waals surface area (Å²) in [4.78, 5) is 1.87. The molecule has 17 heavy (non-hydrogen) atoms. The highest BCUT2D eigenvalue weighted by Crippen LogP contribution is 2.31. The number of hydrogen-bond donors (Lipinski definition) is 2. The third kappa shape index (κ3) is 2.88. The summed E-state index contributed by atoms with van der Waals surface area (Å²) in [5.41, 5.74) is 6.10. The second-order valence-electron chi connectivity index (χ2n) is 5.03. The van der Waals surface area contributed by atoms with Crippen molar-refractivity contribution in [3.05, 3.63) is 24.0 Å². The van der Waals surface area contributed by atoms with Crippen LogP contribution in [0.25, 0.3) is 0 Å². The van der Waals surface area contributed by atoms with E-state index < -0.39 is 5.60 Å². The van der Waals surface area contributed by atoms with Crippen LogP contribution >= 0.6 is 0 Å². The first-order chi connectivity index (χ1) is 7.98. The molecule has 0 atom stereocenters. The van der Waals surface area contributed by atoms with Crippen LogP contribution in [0.5, 0.6) is 0 Å². The Balaban J connectivity index is 2.11. The van der Waals surface area contributed by atoms with Crippen molar-refractivity contribution in [2.24, 2.45) is 0 Å². The van der Waals surface area contributed by atoms with E-state index in [1.54, 1.807) is 6.07 Å². The van der Waals surface area contributed by atoms with Gasteiger partial charge in [-0.2, -0.15) is 0 Å². The first-order valence-electron chi connectivity index (χ1n) is 5.98. The number of nitrogens with two attached hydrogens (primary N) is 1. The fourth-order valence-corrected chi connectivity index (χ4v) is 2.54. The highest BCUT2D eigenvalue weighted by molar-refractivity contribution is 5.56. The van der Waals surface area contributed by atoms with Crippen molar-refractivity contribution >= 4 is 11.4 Å². The van der Waals surface area contributed by atoms with Crippen LogP contribution in [0.15, 0.2) is 18.2 Å². The van der Waals surface area contributed by atoms with Gasteiger partial charge < -0.3 is 15.7 Å². The van der Waals surface area contributed by atoms with Gasteiger partial charge in [0, 0.05) is 25.0 Å². The third-order valence-electron chi connectivity index (χ3n) is 3.41. The summed E-state index contributed by atoms with van der Waals surface area (Å²) < 4.78 is 13.2. The fourth-order valence-electron chi connectivity index (χ4n) is 2.54. The Bertz CT molecular complexity index is 382. The molecule has 94 valence electrons. The average Bonchev–Trinajstić information content (AvgIpc) is 2.63. The lowest BCUT2D eigenvalue weighted by Crippen LogP contribution is -2.39. The van der Waals surface area contributed by atoms with Gasteiger partial charge in [0.05, 0.1) is 5.60 Å². The van der Waals surface area contributed by atoms with E-state index in [0.717, 1.165) is 25.7 Å². The van der Waals surface area contributed by atoms with Crippen LogP contribution in [0.2, 0.25) is 0 Å². The van der Waals surface area contributed by atoms with Crippen molar-refractivity contribution < 1.29 is 9.50 Å². The predicted octanol–water partition coefficient (Wildman–Crippen LogP) is 2.15. The molecule has 1 fully saturated rings. The number of nitrogens with zero attached hydrogens (tertiary/aromatic N) is 1. The van der Waals surface area contributed by atoms with E-state index in [1.165, 1.54) is 12.1 Å². The summed E-state index contributed by atoms with van der Waals surface area (Å²) in [7, 11) is 1.85. The van der Waals surface area contributed by atoms with E-state index >= 15 is 0 Å². The summed E-state index contributed by atoms with van der Waals surface area (Å²) in [5.74, 6) is -0.342. The first-order valence-corrected chi connectivity index (χ1v) is 5.98. The van der Waals surface area contributed by atoms with Crippen LogP contribution in [-0.2, 0) is 0 Å². The molecule has 0 radical (unpaired) electrons. The van der Waals surface area contributed by atoms with Crippen LogP contribution in [0, 0.1) is 5.82 Å². The van der Waals surface area contributed by atoms with Crippen molar-refractivity contribution in [1.82, 2.24) is 0 Å². The molecule has 1 aromatic carbocycles. The first kappa shape index (κ1) is 12.2. The minimum Gasteiger partial charge on any atom is -0.399 e. The molecule has 0 bridgehead atoms. The molecule has 4 heteroatoms. The van der Waals surface area contributed by atoms with Gasteiger partial charge >= 0.3 is 0 Å². The molecule has 0 spiro atoms. The standard InChI is InChI=1S/C13H19FN2O/c1-16(9-13(17)4-2-3-5-13)12-7-10(14)6-11(15)8-12/h6-8,17H,2-5,9,15H2,1H3. The predicted molar refractivity (Wildman–Crippen MR) is 67.5 cm³/mol. The Labute approximate surface area is 101 Å². The van der Waals surface area contributed by atoms with Gasteiger partial charge in [0.1, 0.15) is 5.82 Å². The van der Waals surface area contributed by atoms with E-state index in [-0.39, 0.29) is 5.82 Å². The van der Waals surface area contributed by atoms with Crippen LogP contribution in [-0.4, -0.2) is 24.3 Å². The molecule has 0 aromatic heterocycles. The van der Waals surface area contributed by atoms with Gasteiger partial charge in [-0.1, -0.05) is 12.8 Å². The quantitative estimate of drug-likeness (QED) is 0.793. The lowest BCUT2D eigenvalue weighted by molar-refractivity contribution is 0.0559. The van der Waals surface area contributed by atoms with Gasteiger partial charge in [-0.15, -0.1) is 0 Å². The van der Waals surface area contributed by atoms with Crippen molar-refractivity contribution in [3.63, 3.8) is 0 Å².